The molecule has 0 unspecified atom stereocenters. The van der Waals surface area contributed by atoms with E-state index in [1.807, 2.05) is 6.92 Å². The number of primary amides is 1. The lowest BCUT2D eigenvalue weighted by Crippen LogP contribution is -2.15. The second-order valence-corrected chi connectivity index (χ2v) is 4.94. The molecule has 17 heavy (non-hydrogen) atoms. The van der Waals surface area contributed by atoms with Crippen LogP contribution in [0.25, 0.3) is 0 Å². The van der Waals surface area contributed by atoms with Gasteiger partial charge in [0.2, 0.25) is 5.91 Å². The summed E-state index contributed by atoms with van der Waals surface area (Å²) in [6, 6.07) is 4.39. The topological polar surface area (TPSA) is 52.3 Å². The summed E-state index contributed by atoms with van der Waals surface area (Å²) >= 11 is 3.19. The number of hydrogen-bond donors (Lipinski definition) is 1. The Labute approximate surface area is 108 Å². The van der Waals surface area contributed by atoms with E-state index >= 15 is 0 Å². The third-order valence-corrected chi connectivity index (χ3v) is 2.71. The maximum Gasteiger partial charge on any atom is 0.217 e. The van der Waals surface area contributed by atoms with Gasteiger partial charge in [-0.15, -0.1) is 0 Å². The highest BCUT2D eigenvalue weighted by molar-refractivity contribution is 9.10. The van der Waals surface area contributed by atoms with Crippen LogP contribution >= 0.6 is 15.9 Å². The highest BCUT2D eigenvalue weighted by Crippen LogP contribution is 2.21. The van der Waals surface area contributed by atoms with Gasteiger partial charge in [-0.3, -0.25) is 4.79 Å². The van der Waals surface area contributed by atoms with Gasteiger partial charge < -0.3 is 10.5 Å². The molecular weight excluding hydrogens is 289 g/mol. The molecule has 0 saturated heterocycles. The van der Waals surface area contributed by atoms with Gasteiger partial charge in [0, 0.05) is 17.0 Å². The first kappa shape index (κ1) is 14.0. The molecule has 0 radical (unpaired) electrons. The van der Waals surface area contributed by atoms with Gasteiger partial charge in [0.05, 0.1) is 6.61 Å². The average Bonchev–Trinajstić information content (AvgIpc) is 2.22. The monoisotopic (exact) mass is 303 g/mol. The van der Waals surface area contributed by atoms with E-state index in [-0.39, 0.29) is 17.6 Å². The van der Waals surface area contributed by atoms with Crippen LogP contribution in [0.3, 0.4) is 0 Å². The van der Waals surface area contributed by atoms with Crippen molar-refractivity contribution in [2.75, 3.05) is 6.61 Å². The zero-order valence-electron chi connectivity index (χ0n) is 9.58. The SMILES string of the molecule is C[C@@H](CCC(N)=O)COc1cc(F)cc(Br)c1. The number of carbonyl (C=O) groups is 1. The number of amides is 1. The van der Waals surface area contributed by atoms with Crippen LogP contribution in [0.5, 0.6) is 5.75 Å². The first-order chi connectivity index (χ1) is 7.97. The van der Waals surface area contributed by atoms with Crippen molar-refractivity contribution in [1.82, 2.24) is 0 Å². The van der Waals surface area contributed by atoms with Gasteiger partial charge in [0.1, 0.15) is 11.6 Å². The fraction of sp³-hybridized carbons (Fsp3) is 0.417. The van der Waals surface area contributed by atoms with E-state index in [2.05, 4.69) is 15.9 Å². The molecule has 1 atom stereocenters. The maximum absolute atomic E-state index is 13.0. The van der Waals surface area contributed by atoms with Gasteiger partial charge in [0.15, 0.2) is 0 Å². The van der Waals surface area contributed by atoms with Crippen molar-refractivity contribution < 1.29 is 13.9 Å². The van der Waals surface area contributed by atoms with Crippen LogP contribution in [0.4, 0.5) is 4.39 Å². The first-order valence-corrected chi connectivity index (χ1v) is 6.14. The molecule has 94 valence electrons. The van der Waals surface area contributed by atoms with E-state index in [1.54, 1.807) is 6.07 Å². The van der Waals surface area contributed by atoms with Crippen LogP contribution in [-0.4, -0.2) is 12.5 Å². The lowest BCUT2D eigenvalue weighted by Gasteiger charge is -2.12. The third-order valence-electron chi connectivity index (χ3n) is 2.25. The Morgan fingerprint density at radius 1 is 1.53 bits per heavy atom. The quantitative estimate of drug-likeness (QED) is 0.878. The predicted molar refractivity (Wildman–Crippen MR) is 67.2 cm³/mol. The molecule has 0 bridgehead atoms. The molecule has 1 rings (SSSR count). The van der Waals surface area contributed by atoms with E-state index in [0.29, 0.717) is 29.7 Å². The molecule has 0 saturated carbocycles. The standard InChI is InChI=1S/C12H15BrFNO2/c1-8(2-3-12(15)16)7-17-11-5-9(13)4-10(14)6-11/h4-6,8H,2-3,7H2,1H3,(H2,15,16)/t8-/m0/s1. The molecule has 0 heterocycles. The average molecular weight is 304 g/mol. The predicted octanol–water partition coefficient (Wildman–Crippen LogP) is 2.87. The minimum Gasteiger partial charge on any atom is -0.493 e. The summed E-state index contributed by atoms with van der Waals surface area (Å²) in [5, 5.41) is 0. The number of halogens is 2. The summed E-state index contributed by atoms with van der Waals surface area (Å²) in [6.07, 6.45) is 1.02. The second kappa shape index (κ2) is 6.59. The van der Waals surface area contributed by atoms with Crippen LogP contribution in [0.1, 0.15) is 19.8 Å². The summed E-state index contributed by atoms with van der Waals surface area (Å²) in [4.78, 5) is 10.6. The molecule has 0 aliphatic heterocycles. The van der Waals surface area contributed by atoms with E-state index in [9.17, 15) is 9.18 Å². The zero-order chi connectivity index (χ0) is 12.8. The molecule has 0 aromatic heterocycles. The Balaban J connectivity index is 2.41. The third kappa shape index (κ3) is 5.68. The van der Waals surface area contributed by atoms with Crippen molar-refractivity contribution >= 4 is 21.8 Å². The first-order valence-electron chi connectivity index (χ1n) is 5.34. The molecule has 1 amide bonds. The van der Waals surface area contributed by atoms with Crippen LogP contribution in [0, 0.1) is 11.7 Å². The molecule has 1 aromatic rings. The van der Waals surface area contributed by atoms with Crippen LogP contribution in [0.2, 0.25) is 0 Å². The fourth-order valence-electron chi connectivity index (χ4n) is 1.32. The molecule has 1 aromatic carbocycles. The van der Waals surface area contributed by atoms with Gasteiger partial charge >= 0.3 is 0 Å². The minimum absolute atomic E-state index is 0.199. The Morgan fingerprint density at radius 2 is 2.24 bits per heavy atom. The summed E-state index contributed by atoms with van der Waals surface area (Å²) in [5.41, 5.74) is 5.05. The highest BCUT2D eigenvalue weighted by Gasteiger charge is 2.06. The fourth-order valence-corrected chi connectivity index (χ4v) is 1.77. The van der Waals surface area contributed by atoms with E-state index in [1.165, 1.54) is 12.1 Å². The summed E-state index contributed by atoms with van der Waals surface area (Å²) in [6.45, 7) is 2.39. The van der Waals surface area contributed by atoms with Crippen molar-refractivity contribution in [1.29, 1.82) is 0 Å². The number of rotatable bonds is 6. The molecule has 3 nitrogen and oxygen atoms in total. The summed E-state index contributed by atoms with van der Waals surface area (Å²) in [7, 11) is 0. The van der Waals surface area contributed by atoms with Crippen molar-refractivity contribution in [3.8, 4) is 5.75 Å². The number of benzene rings is 1. The van der Waals surface area contributed by atoms with Crippen molar-refractivity contribution in [3.63, 3.8) is 0 Å². The molecular formula is C12H15BrFNO2. The lowest BCUT2D eigenvalue weighted by molar-refractivity contribution is -0.118. The van der Waals surface area contributed by atoms with Gasteiger partial charge in [0.25, 0.3) is 0 Å². The van der Waals surface area contributed by atoms with Crippen molar-refractivity contribution in [2.45, 2.75) is 19.8 Å². The number of hydrogen-bond acceptors (Lipinski definition) is 2. The highest BCUT2D eigenvalue weighted by atomic mass is 79.9. The molecule has 0 aliphatic carbocycles. The number of carbonyl (C=O) groups excluding carboxylic acids is 1. The van der Waals surface area contributed by atoms with E-state index < -0.39 is 0 Å². The summed E-state index contributed by atoms with van der Waals surface area (Å²) < 4.78 is 19.1. The normalized spacial score (nSPS) is 12.2. The minimum atomic E-state index is -0.348. The Bertz CT molecular complexity index is 378. The molecule has 0 aliphatic rings. The van der Waals surface area contributed by atoms with E-state index in [4.69, 9.17) is 10.5 Å². The Morgan fingerprint density at radius 3 is 2.82 bits per heavy atom. The Hall–Kier alpha value is -1.10. The number of ether oxygens (including phenoxy) is 1. The van der Waals surface area contributed by atoms with Crippen LogP contribution < -0.4 is 10.5 Å². The van der Waals surface area contributed by atoms with Crippen molar-refractivity contribution in [2.24, 2.45) is 11.7 Å². The molecule has 2 N–H and O–H groups in total. The van der Waals surface area contributed by atoms with Gasteiger partial charge in [-0.1, -0.05) is 22.9 Å². The van der Waals surface area contributed by atoms with Crippen molar-refractivity contribution in [3.05, 3.63) is 28.5 Å². The van der Waals surface area contributed by atoms with Gasteiger partial charge in [-0.05, 0) is 24.5 Å². The van der Waals surface area contributed by atoms with Crippen LogP contribution in [-0.2, 0) is 4.79 Å². The van der Waals surface area contributed by atoms with Gasteiger partial charge in [-0.25, -0.2) is 4.39 Å². The van der Waals surface area contributed by atoms with Crippen LogP contribution in [0.15, 0.2) is 22.7 Å². The number of nitrogens with two attached hydrogens (primary N) is 1. The zero-order valence-corrected chi connectivity index (χ0v) is 11.2. The molecule has 5 heteroatoms. The second-order valence-electron chi connectivity index (χ2n) is 4.03. The molecule has 0 fully saturated rings. The maximum atomic E-state index is 13.0. The molecule has 0 spiro atoms. The largest absolute Gasteiger partial charge is 0.493 e. The summed E-state index contributed by atoms with van der Waals surface area (Å²) in [5.74, 6) is 0.0110. The smallest absolute Gasteiger partial charge is 0.217 e. The van der Waals surface area contributed by atoms with E-state index in [0.717, 1.165) is 0 Å². The Kier molecular flexibility index (Phi) is 5.41. The van der Waals surface area contributed by atoms with Gasteiger partial charge in [-0.2, -0.15) is 0 Å². The lowest BCUT2D eigenvalue weighted by atomic mass is 10.1.